The standard InChI is InChI=1S/C22H28N4O4S/c1-3-17-4-6-18(7-5-17)22(28)26-14-12-25(13-15-26)16(2)21(27)24-19-8-10-20(11-9-19)31(23,29)30/h4-11,16H,3,12-15H2,1-2H3,(H,24,27)(H2,23,29,30). The van der Waals surface area contributed by atoms with Crippen LogP contribution in [0.4, 0.5) is 5.69 Å². The molecule has 1 saturated heterocycles. The van der Waals surface area contributed by atoms with E-state index in [0.717, 1.165) is 6.42 Å². The molecular formula is C22H28N4O4S. The number of piperazine rings is 1. The average molecular weight is 445 g/mol. The average Bonchev–Trinajstić information content (AvgIpc) is 2.78. The highest BCUT2D eigenvalue weighted by Gasteiger charge is 2.28. The lowest BCUT2D eigenvalue weighted by atomic mass is 10.1. The Bertz CT molecular complexity index is 1030. The van der Waals surface area contributed by atoms with Crippen molar-refractivity contribution in [3.8, 4) is 0 Å². The predicted molar refractivity (Wildman–Crippen MR) is 119 cm³/mol. The number of benzene rings is 2. The molecule has 166 valence electrons. The number of amides is 2. The summed E-state index contributed by atoms with van der Waals surface area (Å²) in [5.41, 5.74) is 2.37. The molecule has 2 aromatic carbocycles. The van der Waals surface area contributed by atoms with E-state index in [9.17, 15) is 18.0 Å². The first-order valence-corrected chi connectivity index (χ1v) is 11.8. The monoisotopic (exact) mass is 444 g/mol. The Morgan fingerprint density at radius 3 is 2.10 bits per heavy atom. The Kier molecular flexibility index (Phi) is 7.09. The van der Waals surface area contributed by atoms with Gasteiger partial charge in [0.15, 0.2) is 0 Å². The summed E-state index contributed by atoms with van der Waals surface area (Å²) in [5.74, 6) is -0.187. The van der Waals surface area contributed by atoms with Crippen molar-refractivity contribution in [2.24, 2.45) is 5.14 Å². The van der Waals surface area contributed by atoms with E-state index < -0.39 is 10.0 Å². The first kappa shape index (κ1) is 22.9. The Hall–Kier alpha value is -2.75. The van der Waals surface area contributed by atoms with E-state index in [4.69, 9.17) is 5.14 Å². The smallest absolute Gasteiger partial charge is 0.253 e. The third-order valence-electron chi connectivity index (χ3n) is 5.59. The van der Waals surface area contributed by atoms with Crippen molar-refractivity contribution in [3.63, 3.8) is 0 Å². The maximum absolute atomic E-state index is 12.7. The maximum atomic E-state index is 12.7. The number of nitrogens with one attached hydrogen (secondary N) is 1. The summed E-state index contributed by atoms with van der Waals surface area (Å²) in [7, 11) is -3.77. The lowest BCUT2D eigenvalue weighted by Gasteiger charge is -2.37. The number of nitrogens with zero attached hydrogens (tertiary/aromatic N) is 2. The van der Waals surface area contributed by atoms with Crippen molar-refractivity contribution >= 4 is 27.5 Å². The highest BCUT2D eigenvalue weighted by atomic mass is 32.2. The zero-order valence-electron chi connectivity index (χ0n) is 17.7. The molecule has 0 aliphatic carbocycles. The van der Waals surface area contributed by atoms with Gasteiger partial charge in [-0.25, -0.2) is 13.6 Å². The molecule has 1 unspecified atom stereocenters. The number of hydrogen-bond acceptors (Lipinski definition) is 5. The van der Waals surface area contributed by atoms with Crippen LogP contribution in [0.2, 0.25) is 0 Å². The minimum atomic E-state index is -3.77. The molecule has 0 radical (unpaired) electrons. The maximum Gasteiger partial charge on any atom is 0.253 e. The van der Waals surface area contributed by atoms with Gasteiger partial charge in [-0.05, 0) is 55.3 Å². The van der Waals surface area contributed by atoms with E-state index in [1.54, 1.807) is 0 Å². The molecule has 2 amide bonds. The van der Waals surface area contributed by atoms with Gasteiger partial charge in [-0.2, -0.15) is 0 Å². The number of carbonyl (C=O) groups excluding carboxylic acids is 2. The molecule has 8 nitrogen and oxygen atoms in total. The topological polar surface area (TPSA) is 113 Å². The number of nitrogens with two attached hydrogens (primary N) is 1. The lowest BCUT2D eigenvalue weighted by molar-refractivity contribution is -0.121. The summed E-state index contributed by atoms with van der Waals surface area (Å²) in [5, 5.41) is 7.88. The molecule has 0 spiro atoms. The molecule has 1 heterocycles. The summed E-state index contributed by atoms with van der Waals surface area (Å²) in [6.45, 7) is 6.18. The highest BCUT2D eigenvalue weighted by Crippen LogP contribution is 2.16. The van der Waals surface area contributed by atoms with Gasteiger partial charge < -0.3 is 10.2 Å². The third-order valence-corrected chi connectivity index (χ3v) is 6.52. The van der Waals surface area contributed by atoms with Gasteiger partial charge in [0.2, 0.25) is 15.9 Å². The molecule has 0 aromatic heterocycles. The van der Waals surface area contributed by atoms with Crippen LogP contribution < -0.4 is 10.5 Å². The van der Waals surface area contributed by atoms with Crippen LogP contribution in [0.1, 0.15) is 29.8 Å². The highest BCUT2D eigenvalue weighted by molar-refractivity contribution is 7.89. The fraction of sp³-hybridized carbons (Fsp3) is 0.364. The van der Waals surface area contributed by atoms with Gasteiger partial charge >= 0.3 is 0 Å². The Labute approximate surface area is 183 Å². The Morgan fingerprint density at radius 2 is 1.58 bits per heavy atom. The van der Waals surface area contributed by atoms with Gasteiger partial charge in [-0.1, -0.05) is 19.1 Å². The fourth-order valence-corrected chi connectivity index (χ4v) is 4.03. The molecule has 9 heteroatoms. The van der Waals surface area contributed by atoms with Crippen LogP contribution in [-0.2, 0) is 21.2 Å². The van der Waals surface area contributed by atoms with Crippen molar-refractivity contribution in [2.75, 3.05) is 31.5 Å². The van der Waals surface area contributed by atoms with Crippen LogP contribution in [0.3, 0.4) is 0 Å². The van der Waals surface area contributed by atoms with Gasteiger partial charge in [0.25, 0.3) is 5.91 Å². The minimum absolute atomic E-state index is 0.00866. The molecule has 3 rings (SSSR count). The predicted octanol–water partition coefficient (Wildman–Crippen LogP) is 1.68. The van der Waals surface area contributed by atoms with E-state index in [1.165, 1.54) is 29.8 Å². The molecule has 1 atom stereocenters. The molecule has 1 aliphatic heterocycles. The number of rotatable bonds is 6. The second kappa shape index (κ2) is 9.59. The molecule has 0 saturated carbocycles. The molecule has 3 N–H and O–H groups in total. The Balaban J connectivity index is 1.53. The summed E-state index contributed by atoms with van der Waals surface area (Å²) >= 11 is 0. The number of anilines is 1. The molecule has 2 aromatic rings. The van der Waals surface area contributed by atoms with Gasteiger partial charge in [0, 0.05) is 37.4 Å². The number of primary sulfonamides is 1. The number of hydrogen-bond donors (Lipinski definition) is 2. The van der Waals surface area contributed by atoms with Crippen molar-refractivity contribution < 1.29 is 18.0 Å². The van der Waals surface area contributed by atoms with Crippen LogP contribution in [-0.4, -0.2) is 62.3 Å². The van der Waals surface area contributed by atoms with Crippen LogP contribution >= 0.6 is 0 Å². The molecule has 1 aliphatic rings. The molecule has 31 heavy (non-hydrogen) atoms. The number of carbonyl (C=O) groups is 2. The van der Waals surface area contributed by atoms with Crippen molar-refractivity contribution in [3.05, 3.63) is 59.7 Å². The van der Waals surface area contributed by atoms with E-state index in [2.05, 4.69) is 12.2 Å². The SMILES string of the molecule is CCc1ccc(C(=O)N2CCN(C(C)C(=O)Nc3ccc(S(N)(=O)=O)cc3)CC2)cc1. The summed E-state index contributed by atoms with van der Waals surface area (Å²) in [6.07, 6.45) is 0.934. The Morgan fingerprint density at radius 1 is 1.00 bits per heavy atom. The van der Waals surface area contributed by atoms with Crippen molar-refractivity contribution in [1.29, 1.82) is 0 Å². The quantitative estimate of drug-likeness (QED) is 0.704. The van der Waals surface area contributed by atoms with Gasteiger partial charge in [-0.3, -0.25) is 14.5 Å². The number of aryl methyl sites for hydroxylation is 1. The van der Waals surface area contributed by atoms with E-state index >= 15 is 0 Å². The van der Waals surface area contributed by atoms with Gasteiger partial charge in [0.05, 0.1) is 10.9 Å². The summed E-state index contributed by atoms with van der Waals surface area (Å²) in [4.78, 5) is 29.2. The minimum Gasteiger partial charge on any atom is -0.336 e. The first-order chi connectivity index (χ1) is 14.7. The molecular weight excluding hydrogens is 416 g/mol. The number of sulfonamides is 1. The zero-order chi connectivity index (χ0) is 22.6. The summed E-state index contributed by atoms with van der Waals surface area (Å²) < 4.78 is 22.7. The van der Waals surface area contributed by atoms with Crippen LogP contribution in [0.25, 0.3) is 0 Å². The summed E-state index contributed by atoms with van der Waals surface area (Å²) in [6, 6.07) is 13.0. The van der Waals surface area contributed by atoms with Crippen molar-refractivity contribution in [1.82, 2.24) is 9.80 Å². The first-order valence-electron chi connectivity index (χ1n) is 10.2. The van der Waals surface area contributed by atoms with Gasteiger partial charge in [0.1, 0.15) is 0 Å². The van der Waals surface area contributed by atoms with Crippen LogP contribution in [0.5, 0.6) is 0 Å². The largest absolute Gasteiger partial charge is 0.336 e. The second-order valence-electron chi connectivity index (χ2n) is 7.61. The second-order valence-corrected chi connectivity index (χ2v) is 9.17. The third kappa shape index (κ3) is 5.69. The lowest BCUT2D eigenvalue weighted by Crippen LogP contribution is -2.54. The van der Waals surface area contributed by atoms with Crippen LogP contribution in [0, 0.1) is 0 Å². The van der Waals surface area contributed by atoms with Crippen molar-refractivity contribution in [2.45, 2.75) is 31.2 Å². The van der Waals surface area contributed by atoms with E-state index in [0.29, 0.717) is 37.4 Å². The van der Waals surface area contributed by atoms with Gasteiger partial charge in [-0.15, -0.1) is 0 Å². The molecule has 1 fully saturated rings. The normalized spacial score (nSPS) is 16.0. The zero-order valence-corrected chi connectivity index (χ0v) is 18.6. The fourth-order valence-electron chi connectivity index (χ4n) is 3.52. The van der Waals surface area contributed by atoms with E-state index in [1.807, 2.05) is 41.0 Å². The van der Waals surface area contributed by atoms with E-state index in [-0.39, 0.29) is 22.8 Å². The van der Waals surface area contributed by atoms with Crippen LogP contribution in [0.15, 0.2) is 53.4 Å². The molecule has 0 bridgehead atoms.